The van der Waals surface area contributed by atoms with E-state index in [4.69, 9.17) is 4.74 Å². The van der Waals surface area contributed by atoms with Crippen molar-refractivity contribution in [3.63, 3.8) is 0 Å². The highest BCUT2D eigenvalue weighted by Crippen LogP contribution is 2.26. The van der Waals surface area contributed by atoms with E-state index in [9.17, 15) is 4.79 Å². The van der Waals surface area contributed by atoms with Crippen molar-refractivity contribution in [3.05, 3.63) is 59.9 Å². The van der Waals surface area contributed by atoms with Crippen LogP contribution in [0.3, 0.4) is 0 Å². The Morgan fingerprint density at radius 3 is 2.68 bits per heavy atom. The van der Waals surface area contributed by atoms with E-state index in [2.05, 4.69) is 33.4 Å². The molecule has 1 saturated heterocycles. The van der Waals surface area contributed by atoms with Crippen LogP contribution in [-0.2, 0) is 11.2 Å². The lowest BCUT2D eigenvalue weighted by Crippen LogP contribution is -2.36. The molecule has 1 amide bonds. The topological polar surface area (TPSA) is 54.5 Å². The van der Waals surface area contributed by atoms with Crippen LogP contribution in [0.25, 0.3) is 0 Å². The number of hydrogen-bond donors (Lipinski definition) is 1. The number of benzene rings is 1. The van der Waals surface area contributed by atoms with E-state index in [1.807, 2.05) is 31.3 Å². The molecule has 1 N–H and O–H groups in total. The standard InChI is InChI=1S/C23H31N3O2/c1-2-28-21-12-10-20(11-13-21)22(26-15-3-4-16-26)18-25-23(27)9-5-7-19-8-6-14-24-17-19/h6,8,10-14,17,22H,2-5,7,9,15-16,18H2,1H3,(H,25,27). The summed E-state index contributed by atoms with van der Waals surface area (Å²) < 4.78 is 5.56. The number of pyridine rings is 1. The van der Waals surface area contributed by atoms with Crippen LogP contribution in [0, 0.1) is 0 Å². The quantitative estimate of drug-likeness (QED) is 0.681. The summed E-state index contributed by atoms with van der Waals surface area (Å²) in [5.41, 5.74) is 2.42. The molecule has 1 fully saturated rings. The van der Waals surface area contributed by atoms with E-state index in [1.54, 1.807) is 6.20 Å². The fourth-order valence-corrected chi connectivity index (χ4v) is 3.76. The van der Waals surface area contributed by atoms with E-state index in [1.165, 1.54) is 24.0 Å². The van der Waals surface area contributed by atoms with Crippen LogP contribution in [0.2, 0.25) is 0 Å². The zero-order chi connectivity index (χ0) is 19.6. The zero-order valence-corrected chi connectivity index (χ0v) is 16.8. The van der Waals surface area contributed by atoms with Crippen molar-refractivity contribution >= 4 is 5.91 Å². The minimum atomic E-state index is 0.124. The lowest BCUT2D eigenvalue weighted by molar-refractivity contribution is -0.121. The molecule has 150 valence electrons. The maximum atomic E-state index is 12.4. The van der Waals surface area contributed by atoms with Gasteiger partial charge in [-0.2, -0.15) is 0 Å². The van der Waals surface area contributed by atoms with Gasteiger partial charge in [0.1, 0.15) is 5.75 Å². The highest BCUT2D eigenvalue weighted by Gasteiger charge is 2.24. The lowest BCUT2D eigenvalue weighted by atomic mass is 10.0. The van der Waals surface area contributed by atoms with Gasteiger partial charge in [0.05, 0.1) is 12.6 Å². The normalized spacial score (nSPS) is 15.3. The highest BCUT2D eigenvalue weighted by atomic mass is 16.5. The molecule has 3 rings (SSSR count). The van der Waals surface area contributed by atoms with Gasteiger partial charge in [-0.05, 0) is 75.0 Å². The Kier molecular flexibility index (Phi) is 7.85. The number of hydrogen-bond acceptors (Lipinski definition) is 4. The third kappa shape index (κ3) is 6.06. The summed E-state index contributed by atoms with van der Waals surface area (Å²) >= 11 is 0. The molecular formula is C23H31N3O2. The van der Waals surface area contributed by atoms with Gasteiger partial charge in [0.2, 0.25) is 5.91 Å². The number of aromatic nitrogens is 1. The van der Waals surface area contributed by atoms with Gasteiger partial charge in [-0.1, -0.05) is 18.2 Å². The number of nitrogens with zero attached hydrogens (tertiary/aromatic N) is 2. The number of rotatable bonds is 10. The predicted molar refractivity (Wildman–Crippen MR) is 111 cm³/mol. The Morgan fingerprint density at radius 2 is 2.00 bits per heavy atom. The van der Waals surface area contributed by atoms with Crippen molar-refractivity contribution in [1.82, 2.24) is 15.2 Å². The average Bonchev–Trinajstić information content (AvgIpc) is 3.25. The van der Waals surface area contributed by atoms with Gasteiger partial charge >= 0.3 is 0 Å². The lowest BCUT2D eigenvalue weighted by Gasteiger charge is -2.28. The van der Waals surface area contributed by atoms with E-state index < -0.39 is 0 Å². The molecule has 1 atom stereocenters. The number of likely N-dealkylation sites (tertiary alicyclic amines) is 1. The largest absolute Gasteiger partial charge is 0.494 e. The smallest absolute Gasteiger partial charge is 0.220 e. The van der Waals surface area contributed by atoms with Crippen molar-refractivity contribution in [3.8, 4) is 5.75 Å². The third-order valence-corrected chi connectivity index (χ3v) is 5.24. The summed E-state index contributed by atoms with van der Waals surface area (Å²) in [6, 6.07) is 12.5. The second-order valence-electron chi connectivity index (χ2n) is 7.28. The Balaban J connectivity index is 1.52. The van der Waals surface area contributed by atoms with Gasteiger partial charge in [0.25, 0.3) is 0 Å². The van der Waals surface area contributed by atoms with Gasteiger partial charge in [-0.15, -0.1) is 0 Å². The van der Waals surface area contributed by atoms with Crippen LogP contribution < -0.4 is 10.1 Å². The van der Waals surface area contributed by atoms with Crippen molar-refractivity contribution in [2.75, 3.05) is 26.2 Å². The minimum Gasteiger partial charge on any atom is -0.494 e. The minimum absolute atomic E-state index is 0.124. The predicted octanol–water partition coefficient (Wildman–Crippen LogP) is 3.76. The number of nitrogens with one attached hydrogen (secondary N) is 1. The molecule has 0 spiro atoms. The van der Waals surface area contributed by atoms with Crippen molar-refractivity contribution in [2.24, 2.45) is 0 Å². The highest BCUT2D eigenvalue weighted by molar-refractivity contribution is 5.75. The Morgan fingerprint density at radius 1 is 1.21 bits per heavy atom. The summed E-state index contributed by atoms with van der Waals surface area (Å²) in [6.07, 6.45) is 8.37. The molecule has 5 nitrogen and oxygen atoms in total. The number of amides is 1. The summed E-state index contributed by atoms with van der Waals surface area (Å²) in [5, 5.41) is 3.16. The first-order valence-electron chi connectivity index (χ1n) is 10.4. The van der Waals surface area contributed by atoms with Crippen molar-refractivity contribution in [2.45, 2.75) is 45.1 Å². The van der Waals surface area contributed by atoms with E-state index in [0.29, 0.717) is 19.6 Å². The monoisotopic (exact) mass is 381 g/mol. The molecule has 0 bridgehead atoms. The van der Waals surface area contributed by atoms with Crippen molar-refractivity contribution in [1.29, 1.82) is 0 Å². The molecule has 2 heterocycles. The average molecular weight is 382 g/mol. The van der Waals surface area contributed by atoms with Crippen LogP contribution in [0.1, 0.15) is 49.8 Å². The molecule has 1 aliphatic heterocycles. The number of carbonyl (C=O) groups excluding carboxylic acids is 1. The second kappa shape index (κ2) is 10.8. The molecule has 0 aliphatic carbocycles. The second-order valence-corrected chi connectivity index (χ2v) is 7.28. The van der Waals surface area contributed by atoms with Gasteiger partial charge in [0, 0.05) is 25.4 Å². The number of ether oxygens (including phenoxy) is 1. The molecule has 0 radical (unpaired) electrons. The maximum absolute atomic E-state index is 12.4. The summed E-state index contributed by atoms with van der Waals surface area (Å²) in [7, 11) is 0. The Labute approximate surface area is 168 Å². The van der Waals surface area contributed by atoms with Gasteiger partial charge in [-0.25, -0.2) is 0 Å². The summed E-state index contributed by atoms with van der Waals surface area (Å²) in [6.45, 7) is 5.50. The fourth-order valence-electron chi connectivity index (χ4n) is 3.76. The van der Waals surface area contributed by atoms with Crippen LogP contribution in [-0.4, -0.2) is 42.0 Å². The van der Waals surface area contributed by atoms with E-state index in [0.717, 1.165) is 31.7 Å². The molecule has 0 saturated carbocycles. The van der Waals surface area contributed by atoms with Gasteiger partial charge in [0.15, 0.2) is 0 Å². The first-order valence-corrected chi connectivity index (χ1v) is 10.4. The molecule has 1 aromatic heterocycles. The van der Waals surface area contributed by atoms with Gasteiger partial charge in [-0.3, -0.25) is 14.7 Å². The van der Waals surface area contributed by atoms with Crippen molar-refractivity contribution < 1.29 is 9.53 Å². The SMILES string of the molecule is CCOc1ccc(C(CNC(=O)CCCc2cccnc2)N2CCCC2)cc1. The molecule has 1 unspecified atom stereocenters. The van der Waals surface area contributed by atoms with Crippen LogP contribution in [0.5, 0.6) is 5.75 Å². The molecule has 1 aliphatic rings. The van der Waals surface area contributed by atoms with Crippen LogP contribution in [0.4, 0.5) is 0 Å². The molecule has 2 aromatic rings. The fraction of sp³-hybridized carbons (Fsp3) is 0.478. The first kappa shape index (κ1) is 20.3. The number of aryl methyl sites for hydroxylation is 1. The Hall–Kier alpha value is -2.40. The first-order chi connectivity index (χ1) is 13.8. The molecule has 28 heavy (non-hydrogen) atoms. The zero-order valence-electron chi connectivity index (χ0n) is 16.8. The van der Waals surface area contributed by atoms with Crippen LogP contribution >= 0.6 is 0 Å². The van der Waals surface area contributed by atoms with E-state index in [-0.39, 0.29) is 11.9 Å². The Bertz CT molecular complexity index is 712. The third-order valence-electron chi connectivity index (χ3n) is 5.24. The van der Waals surface area contributed by atoms with E-state index >= 15 is 0 Å². The van der Waals surface area contributed by atoms with Crippen LogP contribution in [0.15, 0.2) is 48.8 Å². The summed E-state index contributed by atoms with van der Waals surface area (Å²) in [4.78, 5) is 19.0. The molecular weight excluding hydrogens is 350 g/mol. The molecule has 1 aromatic carbocycles. The van der Waals surface area contributed by atoms with Gasteiger partial charge < -0.3 is 10.1 Å². The number of carbonyl (C=O) groups is 1. The maximum Gasteiger partial charge on any atom is 0.220 e. The molecule has 5 heteroatoms. The summed E-state index contributed by atoms with van der Waals surface area (Å²) in [5.74, 6) is 1.02.